The van der Waals surface area contributed by atoms with Crippen molar-refractivity contribution in [3.63, 3.8) is 0 Å². The smallest absolute Gasteiger partial charge is 0.123 e. The molecule has 1 aromatic heterocycles. The van der Waals surface area contributed by atoms with Crippen molar-refractivity contribution >= 4 is 17.1 Å². The molecule has 2 aromatic rings. The SMILES string of the molecule is CCN(c1ccc(F)cc1)c1cncc(N)c1. The van der Waals surface area contributed by atoms with Crippen LogP contribution in [0, 0.1) is 5.82 Å². The monoisotopic (exact) mass is 231 g/mol. The highest BCUT2D eigenvalue weighted by atomic mass is 19.1. The molecule has 0 aliphatic heterocycles. The van der Waals surface area contributed by atoms with Crippen LogP contribution in [-0.4, -0.2) is 11.5 Å². The second-order valence-corrected chi connectivity index (χ2v) is 3.70. The van der Waals surface area contributed by atoms with E-state index < -0.39 is 0 Å². The van der Waals surface area contributed by atoms with Crippen molar-refractivity contribution in [2.24, 2.45) is 0 Å². The highest BCUT2D eigenvalue weighted by Crippen LogP contribution is 2.25. The number of nitrogen functional groups attached to an aromatic ring is 1. The van der Waals surface area contributed by atoms with E-state index in [9.17, 15) is 4.39 Å². The molecule has 2 N–H and O–H groups in total. The van der Waals surface area contributed by atoms with E-state index in [0.717, 1.165) is 17.9 Å². The average Bonchev–Trinajstić information content (AvgIpc) is 2.33. The number of nitrogens with two attached hydrogens (primary N) is 1. The lowest BCUT2D eigenvalue weighted by molar-refractivity contribution is 0.628. The van der Waals surface area contributed by atoms with Gasteiger partial charge in [0.25, 0.3) is 0 Å². The average molecular weight is 231 g/mol. The highest BCUT2D eigenvalue weighted by molar-refractivity contribution is 5.65. The summed E-state index contributed by atoms with van der Waals surface area (Å²) in [6.45, 7) is 2.78. The van der Waals surface area contributed by atoms with Crippen LogP contribution in [0.2, 0.25) is 0 Å². The zero-order valence-corrected chi connectivity index (χ0v) is 9.60. The molecule has 0 aliphatic carbocycles. The number of aromatic nitrogens is 1. The molecule has 0 amide bonds. The molecule has 0 fully saturated rings. The topological polar surface area (TPSA) is 42.2 Å². The molecule has 0 spiro atoms. The van der Waals surface area contributed by atoms with Crippen LogP contribution in [0.5, 0.6) is 0 Å². The quantitative estimate of drug-likeness (QED) is 0.883. The minimum Gasteiger partial charge on any atom is -0.397 e. The van der Waals surface area contributed by atoms with Crippen molar-refractivity contribution in [2.45, 2.75) is 6.92 Å². The number of halogens is 1. The summed E-state index contributed by atoms with van der Waals surface area (Å²) in [6, 6.07) is 8.21. The number of hydrogen-bond acceptors (Lipinski definition) is 3. The summed E-state index contributed by atoms with van der Waals surface area (Å²) in [5.41, 5.74) is 8.14. The van der Waals surface area contributed by atoms with E-state index in [-0.39, 0.29) is 5.82 Å². The number of rotatable bonds is 3. The van der Waals surface area contributed by atoms with Gasteiger partial charge in [0, 0.05) is 18.4 Å². The Morgan fingerprint density at radius 1 is 1.18 bits per heavy atom. The predicted octanol–water partition coefficient (Wildman–Crippen LogP) is 2.96. The van der Waals surface area contributed by atoms with Gasteiger partial charge in [-0.2, -0.15) is 0 Å². The Morgan fingerprint density at radius 2 is 1.88 bits per heavy atom. The summed E-state index contributed by atoms with van der Waals surface area (Å²) in [4.78, 5) is 6.07. The Hall–Kier alpha value is -2.10. The van der Waals surface area contributed by atoms with E-state index >= 15 is 0 Å². The van der Waals surface area contributed by atoms with Crippen LogP contribution >= 0.6 is 0 Å². The van der Waals surface area contributed by atoms with E-state index in [2.05, 4.69) is 4.98 Å². The van der Waals surface area contributed by atoms with Gasteiger partial charge in [0.2, 0.25) is 0 Å². The molecule has 1 aromatic carbocycles. The molecule has 0 bridgehead atoms. The molecule has 88 valence electrons. The summed E-state index contributed by atoms with van der Waals surface area (Å²) in [6.07, 6.45) is 3.34. The maximum Gasteiger partial charge on any atom is 0.123 e. The lowest BCUT2D eigenvalue weighted by atomic mass is 10.2. The van der Waals surface area contributed by atoms with Crippen molar-refractivity contribution in [3.05, 3.63) is 48.5 Å². The van der Waals surface area contributed by atoms with Crippen molar-refractivity contribution in [1.29, 1.82) is 0 Å². The maximum absolute atomic E-state index is 12.9. The number of pyridine rings is 1. The van der Waals surface area contributed by atoms with Crippen LogP contribution in [0.25, 0.3) is 0 Å². The second-order valence-electron chi connectivity index (χ2n) is 3.70. The van der Waals surface area contributed by atoms with Gasteiger partial charge in [0.15, 0.2) is 0 Å². The maximum atomic E-state index is 12.9. The molecule has 0 radical (unpaired) electrons. The van der Waals surface area contributed by atoms with Crippen molar-refractivity contribution < 1.29 is 4.39 Å². The first-order chi connectivity index (χ1) is 8.20. The van der Waals surface area contributed by atoms with Gasteiger partial charge in [-0.1, -0.05) is 0 Å². The van der Waals surface area contributed by atoms with E-state index in [0.29, 0.717) is 5.69 Å². The van der Waals surface area contributed by atoms with Gasteiger partial charge in [-0.3, -0.25) is 4.98 Å². The molecular formula is C13H14FN3. The molecule has 3 nitrogen and oxygen atoms in total. The largest absolute Gasteiger partial charge is 0.397 e. The van der Waals surface area contributed by atoms with Gasteiger partial charge in [0.1, 0.15) is 5.82 Å². The van der Waals surface area contributed by atoms with Crippen LogP contribution in [0.1, 0.15) is 6.92 Å². The molecule has 2 rings (SSSR count). The van der Waals surface area contributed by atoms with Crippen LogP contribution in [-0.2, 0) is 0 Å². The Balaban J connectivity index is 2.36. The lowest BCUT2D eigenvalue weighted by Crippen LogP contribution is -2.16. The molecule has 0 saturated heterocycles. The molecule has 0 unspecified atom stereocenters. The van der Waals surface area contributed by atoms with E-state index in [1.165, 1.54) is 12.1 Å². The number of hydrogen-bond donors (Lipinski definition) is 1. The fourth-order valence-corrected chi connectivity index (χ4v) is 1.73. The van der Waals surface area contributed by atoms with Gasteiger partial charge in [0.05, 0.1) is 17.6 Å². The molecule has 0 atom stereocenters. The Bertz CT molecular complexity index is 496. The van der Waals surface area contributed by atoms with Crippen molar-refractivity contribution in [2.75, 3.05) is 17.2 Å². The van der Waals surface area contributed by atoms with Crippen LogP contribution in [0.3, 0.4) is 0 Å². The summed E-state index contributed by atoms with van der Waals surface area (Å²) >= 11 is 0. The Morgan fingerprint density at radius 3 is 2.47 bits per heavy atom. The van der Waals surface area contributed by atoms with Gasteiger partial charge in [-0.05, 0) is 37.3 Å². The first kappa shape index (κ1) is 11.4. The minimum atomic E-state index is -0.240. The Labute approximate surface area is 99.7 Å². The molecule has 0 saturated carbocycles. The normalized spacial score (nSPS) is 10.2. The molecule has 17 heavy (non-hydrogen) atoms. The van der Waals surface area contributed by atoms with Crippen LogP contribution < -0.4 is 10.6 Å². The van der Waals surface area contributed by atoms with Crippen molar-refractivity contribution in [3.8, 4) is 0 Å². The summed E-state index contributed by atoms with van der Waals surface area (Å²) in [7, 11) is 0. The zero-order valence-electron chi connectivity index (χ0n) is 9.60. The fraction of sp³-hybridized carbons (Fsp3) is 0.154. The van der Waals surface area contributed by atoms with Crippen LogP contribution in [0.15, 0.2) is 42.7 Å². The van der Waals surface area contributed by atoms with E-state index in [1.807, 2.05) is 17.9 Å². The Kier molecular flexibility index (Phi) is 3.23. The number of nitrogens with zero attached hydrogens (tertiary/aromatic N) is 2. The second kappa shape index (κ2) is 4.82. The molecule has 0 aliphatic rings. The third kappa shape index (κ3) is 2.53. The van der Waals surface area contributed by atoms with E-state index in [1.54, 1.807) is 24.5 Å². The van der Waals surface area contributed by atoms with Gasteiger partial charge in [-0.25, -0.2) is 4.39 Å². The highest BCUT2D eigenvalue weighted by Gasteiger charge is 2.07. The predicted molar refractivity (Wildman–Crippen MR) is 67.7 cm³/mol. The summed E-state index contributed by atoms with van der Waals surface area (Å²) in [5, 5.41) is 0. The first-order valence-corrected chi connectivity index (χ1v) is 5.44. The van der Waals surface area contributed by atoms with E-state index in [4.69, 9.17) is 5.73 Å². The minimum absolute atomic E-state index is 0.240. The number of benzene rings is 1. The summed E-state index contributed by atoms with van der Waals surface area (Å²) in [5.74, 6) is -0.240. The van der Waals surface area contributed by atoms with Crippen molar-refractivity contribution in [1.82, 2.24) is 4.98 Å². The van der Waals surface area contributed by atoms with Gasteiger partial charge < -0.3 is 10.6 Å². The fourth-order valence-electron chi connectivity index (χ4n) is 1.73. The zero-order chi connectivity index (χ0) is 12.3. The lowest BCUT2D eigenvalue weighted by Gasteiger charge is -2.23. The van der Waals surface area contributed by atoms with Gasteiger partial charge in [-0.15, -0.1) is 0 Å². The third-order valence-electron chi connectivity index (χ3n) is 2.51. The molecule has 1 heterocycles. The summed E-state index contributed by atoms with van der Waals surface area (Å²) < 4.78 is 12.9. The number of anilines is 3. The first-order valence-electron chi connectivity index (χ1n) is 5.44. The molecule has 4 heteroatoms. The standard InChI is InChI=1S/C13H14FN3/c1-2-17(12-5-3-10(14)4-6-12)13-7-11(15)8-16-9-13/h3-9H,2,15H2,1H3. The van der Waals surface area contributed by atoms with Gasteiger partial charge >= 0.3 is 0 Å². The molecular weight excluding hydrogens is 217 g/mol. The van der Waals surface area contributed by atoms with Crippen LogP contribution in [0.4, 0.5) is 21.5 Å². The third-order valence-corrected chi connectivity index (χ3v) is 2.51.